The maximum atomic E-state index is 13.3. The van der Waals surface area contributed by atoms with Crippen molar-refractivity contribution >= 4 is 24.8 Å². The van der Waals surface area contributed by atoms with Crippen LogP contribution in [0.25, 0.3) is 0 Å². The van der Waals surface area contributed by atoms with Gasteiger partial charge in [-0.2, -0.15) is 13.2 Å². The van der Waals surface area contributed by atoms with Crippen molar-refractivity contribution < 1.29 is 17.6 Å². The van der Waals surface area contributed by atoms with Gasteiger partial charge in [0.05, 0.1) is 6.42 Å². The Morgan fingerprint density at radius 3 is 2.27 bits per heavy atom. The topological polar surface area (TPSA) is 15.3 Å². The molecule has 0 aromatic heterocycles. The minimum atomic E-state index is -4.24. The summed E-state index contributed by atoms with van der Waals surface area (Å²) in [5.41, 5.74) is 0.910. The van der Waals surface area contributed by atoms with E-state index < -0.39 is 18.6 Å². The summed E-state index contributed by atoms with van der Waals surface area (Å²) in [6.45, 7) is 4.05. The predicted molar refractivity (Wildman–Crippen MR) is 83.5 cm³/mol. The number of hydrogen-bond acceptors (Lipinski definition) is 2. The van der Waals surface area contributed by atoms with E-state index in [0.717, 1.165) is 0 Å². The lowest BCUT2D eigenvalue weighted by atomic mass is 9.99. The molecule has 8 heteroatoms. The van der Waals surface area contributed by atoms with E-state index in [1.165, 1.54) is 18.2 Å². The Morgan fingerprint density at radius 2 is 1.77 bits per heavy atom. The van der Waals surface area contributed by atoms with Gasteiger partial charge in [-0.25, -0.2) is 4.39 Å². The molecular weight excluding hydrogens is 343 g/mol. The van der Waals surface area contributed by atoms with Crippen molar-refractivity contribution in [1.29, 1.82) is 0 Å². The van der Waals surface area contributed by atoms with E-state index in [1.807, 2.05) is 4.90 Å². The van der Waals surface area contributed by atoms with Gasteiger partial charge in [0.25, 0.3) is 0 Å². The van der Waals surface area contributed by atoms with Crippen molar-refractivity contribution in [1.82, 2.24) is 10.2 Å². The monoisotopic (exact) mass is 362 g/mol. The van der Waals surface area contributed by atoms with E-state index >= 15 is 0 Å². The number of hydrogen-bond donors (Lipinski definition) is 1. The van der Waals surface area contributed by atoms with Crippen molar-refractivity contribution in [2.75, 3.05) is 26.2 Å². The molecule has 1 aliphatic rings. The zero-order valence-corrected chi connectivity index (χ0v) is 13.8. The Kier molecular flexibility index (Phi) is 8.69. The third-order valence-electron chi connectivity index (χ3n) is 3.58. The molecule has 2 nitrogen and oxygen atoms in total. The molecule has 0 bridgehead atoms. The van der Waals surface area contributed by atoms with Gasteiger partial charge < -0.3 is 5.32 Å². The molecule has 2 rings (SSSR count). The molecule has 0 aliphatic carbocycles. The van der Waals surface area contributed by atoms with E-state index in [2.05, 4.69) is 5.32 Å². The number of nitrogens with zero attached hydrogens (tertiary/aromatic N) is 1. The van der Waals surface area contributed by atoms with Crippen molar-refractivity contribution in [3.05, 3.63) is 35.1 Å². The molecule has 1 fully saturated rings. The third kappa shape index (κ3) is 5.91. The summed E-state index contributed by atoms with van der Waals surface area (Å²) in [5.74, 6) is -0.389. The Balaban J connectivity index is 0.00000220. The van der Waals surface area contributed by atoms with Crippen molar-refractivity contribution in [3.8, 4) is 0 Å². The van der Waals surface area contributed by atoms with E-state index in [4.69, 9.17) is 0 Å². The summed E-state index contributed by atoms with van der Waals surface area (Å²) in [5, 5.41) is 3.12. The van der Waals surface area contributed by atoms with Crippen LogP contribution >= 0.6 is 24.8 Å². The van der Waals surface area contributed by atoms with Crippen LogP contribution in [0.4, 0.5) is 17.6 Å². The lowest BCUT2D eigenvalue weighted by molar-refractivity contribution is -0.148. The standard InChI is InChI=1S/C14H18F4N2.2ClH/c1-10-8-11(2-3-12(10)15)13(9-14(16,17)18)20-6-4-19-5-7-20;;/h2-3,8,13,19H,4-7,9H2,1H3;2*1H/t13-;;/m0../s1. The van der Waals surface area contributed by atoms with Gasteiger partial charge in [-0.3, -0.25) is 4.90 Å². The lowest BCUT2D eigenvalue weighted by Gasteiger charge is -2.35. The number of rotatable bonds is 3. The highest BCUT2D eigenvalue weighted by atomic mass is 35.5. The van der Waals surface area contributed by atoms with Gasteiger partial charge in [0.2, 0.25) is 0 Å². The summed E-state index contributed by atoms with van der Waals surface area (Å²) in [7, 11) is 0. The van der Waals surface area contributed by atoms with Gasteiger partial charge in [0.15, 0.2) is 0 Å². The second-order valence-electron chi connectivity index (χ2n) is 5.13. The SMILES string of the molecule is Cc1cc([C@H](CC(F)(F)F)N2CCNCC2)ccc1F.Cl.Cl. The van der Waals surface area contributed by atoms with E-state index in [0.29, 0.717) is 37.3 Å². The van der Waals surface area contributed by atoms with Crippen LogP contribution in [0.1, 0.15) is 23.6 Å². The summed E-state index contributed by atoms with van der Waals surface area (Å²) in [6, 6.07) is 3.49. The normalized spacial score (nSPS) is 17.3. The predicted octanol–water partition coefficient (Wildman–Crippen LogP) is 3.88. The molecule has 0 spiro atoms. The van der Waals surface area contributed by atoms with Crippen molar-refractivity contribution in [2.24, 2.45) is 0 Å². The van der Waals surface area contributed by atoms with Gasteiger partial charge in [-0.15, -0.1) is 24.8 Å². The molecule has 0 saturated carbocycles. The fourth-order valence-electron chi connectivity index (χ4n) is 2.55. The first-order chi connectivity index (χ1) is 9.37. The number of aryl methyl sites for hydroxylation is 1. The number of alkyl halides is 3. The van der Waals surface area contributed by atoms with Crippen LogP contribution in [0.15, 0.2) is 18.2 Å². The number of halogens is 6. The highest BCUT2D eigenvalue weighted by molar-refractivity contribution is 5.85. The van der Waals surface area contributed by atoms with Crippen molar-refractivity contribution in [3.63, 3.8) is 0 Å². The third-order valence-corrected chi connectivity index (χ3v) is 3.58. The Bertz CT molecular complexity index is 463. The van der Waals surface area contributed by atoms with Gasteiger partial charge in [-0.05, 0) is 24.1 Å². The first kappa shape index (κ1) is 21.4. The van der Waals surface area contributed by atoms with Gasteiger partial charge in [0, 0.05) is 32.2 Å². The molecule has 1 aromatic rings. The molecular formula is C14H20Cl2F4N2. The van der Waals surface area contributed by atoms with Crippen LogP contribution in [0.3, 0.4) is 0 Å². The molecule has 1 heterocycles. The molecule has 1 atom stereocenters. The first-order valence-corrected chi connectivity index (χ1v) is 6.64. The Labute approximate surface area is 140 Å². The smallest absolute Gasteiger partial charge is 0.314 e. The van der Waals surface area contributed by atoms with Crippen molar-refractivity contribution in [2.45, 2.75) is 25.6 Å². The second-order valence-corrected chi connectivity index (χ2v) is 5.13. The number of benzene rings is 1. The number of piperazine rings is 1. The minimum absolute atomic E-state index is 0. The summed E-state index contributed by atoms with van der Waals surface area (Å²) >= 11 is 0. The summed E-state index contributed by atoms with van der Waals surface area (Å²) in [4.78, 5) is 1.82. The van der Waals surface area contributed by atoms with Gasteiger partial charge in [-0.1, -0.05) is 12.1 Å². The molecule has 1 saturated heterocycles. The molecule has 1 N–H and O–H groups in total. The lowest BCUT2D eigenvalue weighted by Crippen LogP contribution is -2.46. The molecule has 1 aliphatic heterocycles. The van der Waals surface area contributed by atoms with E-state index in [1.54, 1.807) is 6.92 Å². The van der Waals surface area contributed by atoms with Crippen LogP contribution in [0, 0.1) is 12.7 Å². The van der Waals surface area contributed by atoms with Crippen LogP contribution in [0.2, 0.25) is 0 Å². The second kappa shape index (κ2) is 8.91. The van der Waals surface area contributed by atoms with Crippen LogP contribution in [0.5, 0.6) is 0 Å². The maximum Gasteiger partial charge on any atom is 0.390 e. The molecule has 0 unspecified atom stereocenters. The van der Waals surface area contributed by atoms with E-state index in [-0.39, 0.29) is 30.6 Å². The van der Waals surface area contributed by atoms with Gasteiger partial charge >= 0.3 is 6.18 Å². The average molecular weight is 363 g/mol. The molecule has 1 aromatic carbocycles. The Hall–Kier alpha value is -0.560. The fourth-order valence-corrected chi connectivity index (χ4v) is 2.55. The summed E-state index contributed by atoms with van der Waals surface area (Å²) < 4.78 is 51.7. The molecule has 128 valence electrons. The first-order valence-electron chi connectivity index (χ1n) is 6.64. The Morgan fingerprint density at radius 1 is 1.18 bits per heavy atom. The average Bonchev–Trinajstić information content (AvgIpc) is 2.39. The summed E-state index contributed by atoms with van der Waals surface area (Å²) in [6.07, 6.45) is -5.14. The van der Waals surface area contributed by atoms with Crippen LogP contribution in [-0.4, -0.2) is 37.3 Å². The largest absolute Gasteiger partial charge is 0.390 e. The zero-order valence-electron chi connectivity index (χ0n) is 12.1. The highest BCUT2D eigenvalue weighted by Crippen LogP contribution is 2.34. The molecule has 22 heavy (non-hydrogen) atoms. The maximum absolute atomic E-state index is 13.3. The quantitative estimate of drug-likeness (QED) is 0.821. The molecule has 0 radical (unpaired) electrons. The highest BCUT2D eigenvalue weighted by Gasteiger charge is 2.36. The zero-order chi connectivity index (χ0) is 14.8. The molecule has 0 amide bonds. The van der Waals surface area contributed by atoms with E-state index in [9.17, 15) is 17.6 Å². The minimum Gasteiger partial charge on any atom is -0.314 e. The fraction of sp³-hybridized carbons (Fsp3) is 0.571. The van der Waals surface area contributed by atoms with Crippen LogP contribution < -0.4 is 5.32 Å². The van der Waals surface area contributed by atoms with Gasteiger partial charge in [0.1, 0.15) is 5.82 Å². The number of nitrogens with one attached hydrogen (secondary N) is 1. The van der Waals surface area contributed by atoms with Crippen LogP contribution in [-0.2, 0) is 0 Å².